The van der Waals surface area contributed by atoms with Crippen LogP contribution in [0.25, 0.3) is 0 Å². The minimum Gasteiger partial charge on any atom is -0.785 e. The van der Waals surface area contributed by atoms with Crippen molar-refractivity contribution < 1.29 is 16.5 Å². The molecule has 0 aromatic carbocycles. The quantitative estimate of drug-likeness (QED) is 0.273. The minimum atomic E-state index is 0. The van der Waals surface area contributed by atoms with E-state index in [1.807, 2.05) is 23.5 Å². The van der Waals surface area contributed by atoms with Gasteiger partial charge in [-0.2, -0.15) is 23.5 Å². The molecule has 0 aromatic heterocycles. The van der Waals surface area contributed by atoms with Gasteiger partial charge in [0.15, 0.2) is 0 Å². The molecule has 2 aliphatic heterocycles. The van der Waals surface area contributed by atoms with Gasteiger partial charge in [-0.1, -0.05) is 55.4 Å². The monoisotopic (exact) mass is 522 g/mol. The first kappa shape index (κ1) is 28.6. The van der Waals surface area contributed by atoms with Crippen LogP contribution in [0.3, 0.4) is 0 Å². The van der Waals surface area contributed by atoms with Gasteiger partial charge in [0, 0.05) is 39.5 Å². The van der Waals surface area contributed by atoms with Crippen LogP contribution >= 0.6 is 23.5 Å². The molecule has 0 N–H and O–H groups in total. The third-order valence-electron chi connectivity index (χ3n) is 4.72. The normalized spacial score (nSPS) is 26.1. The molecule has 2 rings (SSSR count). The number of hydrogen-bond acceptors (Lipinski definition) is 6. The molecule has 0 unspecified atom stereocenters. The molecule has 2 aliphatic rings. The van der Waals surface area contributed by atoms with Gasteiger partial charge in [0.1, 0.15) is 0 Å². The van der Waals surface area contributed by atoms with Crippen molar-refractivity contribution in [2.75, 3.05) is 23.0 Å². The van der Waals surface area contributed by atoms with E-state index in [-0.39, 0.29) is 38.2 Å². The molecule has 2 heterocycles. The maximum absolute atomic E-state index is 5.45. The minimum absolute atomic E-state index is 0. The molecule has 7 heteroatoms. The zero-order valence-corrected chi connectivity index (χ0v) is 23.5. The third kappa shape index (κ3) is 7.33. The van der Waals surface area contributed by atoms with Crippen molar-refractivity contribution >= 4 is 74.0 Å². The summed E-state index contributed by atoms with van der Waals surface area (Å²) in [4.78, 5) is 3.99. The SMILES string of the molecule is CC1(C)CSCC(C)(C)C([S-])=C1[S-].CC1(C)CSCC(C)(C)C([S-])=C1[S-].[Ni]. The fraction of sp³-hybridized carbons (Fsp3) is 0.800. The fourth-order valence-corrected chi connectivity index (χ4v) is 7.20. The molecule has 0 bridgehead atoms. The summed E-state index contributed by atoms with van der Waals surface area (Å²) in [5, 5.41) is 0. The van der Waals surface area contributed by atoms with Crippen molar-refractivity contribution in [3.05, 3.63) is 19.6 Å². The molecule has 0 nitrogen and oxygen atoms in total. The Morgan fingerprint density at radius 2 is 0.630 bits per heavy atom. The van der Waals surface area contributed by atoms with Crippen molar-refractivity contribution in [3.63, 3.8) is 0 Å². The van der Waals surface area contributed by atoms with Crippen LogP contribution in [-0.4, -0.2) is 23.0 Å². The molecule has 0 saturated carbocycles. The summed E-state index contributed by atoms with van der Waals surface area (Å²) in [6.45, 7) is 17.5. The summed E-state index contributed by atoms with van der Waals surface area (Å²) in [6.07, 6.45) is 0. The van der Waals surface area contributed by atoms with Crippen molar-refractivity contribution in [2.45, 2.75) is 55.4 Å². The summed E-state index contributed by atoms with van der Waals surface area (Å²) in [7, 11) is 0. The number of thioether (sulfide) groups is 2. The van der Waals surface area contributed by atoms with E-state index in [2.05, 4.69) is 55.4 Å². The van der Waals surface area contributed by atoms with Gasteiger partial charge in [0.25, 0.3) is 0 Å². The van der Waals surface area contributed by atoms with Gasteiger partial charge in [-0.25, -0.2) is 19.6 Å². The fourth-order valence-electron chi connectivity index (χ4n) is 2.61. The molecule has 0 spiro atoms. The molecule has 0 aliphatic carbocycles. The topological polar surface area (TPSA) is 0 Å². The number of hydrogen-bond donors (Lipinski definition) is 0. The number of rotatable bonds is 0. The maximum Gasteiger partial charge on any atom is 0.000423 e. The smallest absolute Gasteiger partial charge is 0.000423 e. The van der Waals surface area contributed by atoms with Gasteiger partial charge < -0.3 is 50.5 Å². The molecule has 0 atom stereocenters. The molecule has 0 radical (unpaired) electrons. The van der Waals surface area contributed by atoms with Crippen LogP contribution in [-0.2, 0) is 67.0 Å². The van der Waals surface area contributed by atoms with Crippen molar-refractivity contribution in [2.24, 2.45) is 21.7 Å². The second-order valence-electron chi connectivity index (χ2n) is 9.84. The molecule has 0 fully saturated rings. The summed E-state index contributed by atoms with van der Waals surface area (Å²) >= 11 is 25.7. The van der Waals surface area contributed by atoms with E-state index in [1.54, 1.807) is 0 Å². The molecule has 0 amide bonds. The maximum atomic E-state index is 5.45. The Hall–Kier alpha value is 1.55. The van der Waals surface area contributed by atoms with Crippen LogP contribution in [0, 0.1) is 21.7 Å². The third-order valence-corrected chi connectivity index (χ3v) is 11.7. The summed E-state index contributed by atoms with van der Waals surface area (Å²) in [5.41, 5.74) is 0.408. The van der Waals surface area contributed by atoms with Gasteiger partial charge in [-0.3, -0.25) is 0 Å². The molecular formula is C20H32NiS6-4. The van der Waals surface area contributed by atoms with Crippen molar-refractivity contribution in [1.29, 1.82) is 0 Å². The zero-order chi connectivity index (χ0) is 20.6. The standard InChI is InChI=1S/2C10H18S3.Ni/c2*1-9(2)5-13-6-10(3,4)8(12)7(9)11;/h2*11-12H,5-6H2,1-4H3;/p-4. The van der Waals surface area contributed by atoms with Crippen LogP contribution in [0.4, 0.5) is 0 Å². The Bertz CT molecular complexity index is 487. The van der Waals surface area contributed by atoms with Crippen LogP contribution < -0.4 is 0 Å². The van der Waals surface area contributed by atoms with Gasteiger partial charge in [0.2, 0.25) is 0 Å². The molecular weight excluding hydrogens is 491 g/mol. The average Bonchev–Trinajstić information content (AvgIpc) is 2.61. The average molecular weight is 524 g/mol. The number of allylic oxidation sites excluding steroid dienone is 4. The Labute approximate surface area is 208 Å². The second kappa shape index (κ2) is 10.2. The van der Waals surface area contributed by atoms with E-state index in [9.17, 15) is 0 Å². The Kier molecular flexibility index (Phi) is 10.8. The zero-order valence-electron chi connectivity index (χ0n) is 17.6. The van der Waals surface area contributed by atoms with Crippen LogP contribution in [0.2, 0.25) is 0 Å². The van der Waals surface area contributed by atoms with E-state index < -0.39 is 0 Å². The summed E-state index contributed by atoms with van der Waals surface area (Å²) < 4.78 is 0. The van der Waals surface area contributed by atoms with Crippen LogP contribution in [0.5, 0.6) is 0 Å². The second-order valence-corrected chi connectivity index (χ2v) is 13.4. The van der Waals surface area contributed by atoms with Gasteiger partial charge in [-0.05, 0) is 21.7 Å². The Morgan fingerprint density at radius 1 is 0.481 bits per heavy atom. The molecule has 27 heavy (non-hydrogen) atoms. The Morgan fingerprint density at radius 3 is 0.778 bits per heavy atom. The van der Waals surface area contributed by atoms with Crippen LogP contribution in [0.15, 0.2) is 19.6 Å². The van der Waals surface area contributed by atoms with Gasteiger partial charge >= 0.3 is 0 Å². The molecule has 0 aromatic rings. The molecule has 162 valence electrons. The predicted molar refractivity (Wildman–Crippen MR) is 133 cm³/mol. The summed E-state index contributed by atoms with van der Waals surface area (Å²) in [5.74, 6) is 4.37. The first-order valence-electron chi connectivity index (χ1n) is 8.89. The molecule has 0 saturated heterocycles. The Balaban J connectivity index is 0.000000483. The first-order chi connectivity index (χ1) is 11.5. The first-order valence-corrected chi connectivity index (χ1v) is 12.8. The predicted octanol–water partition coefficient (Wildman–Crippen LogP) is 6.18. The van der Waals surface area contributed by atoms with Crippen LogP contribution in [0.1, 0.15) is 55.4 Å². The van der Waals surface area contributed by atoms with Crippen molar-refractivity contribution in [3.8, 4) is 0 Å². The van der Waals surface area contributed by atoms with Crippen molar-refractivity contribution in [1.82, 2.24) is 0 Å². The summed E-state index contributed by atoms with van der Waals surface area (Å²) in [6, 6.07) is 0. The van der Waals surface area contributed by atoms with Gasteiger partial charge in [-0.15, -0.1) is 0 Å². The largest absolute Gasteiger partial charge is 0.785 e. The van der Waals surface area contributed by atoms with Gasteiger partial charge in [0.05, 0.1) is 0 Å². The van der Waals surface area contributed by atoms with E-state index in [0.717, 1.165) is 42.6 Å². The van der Waals surface area contributed by atoms with E-state index in [0.29, 0.717) is 0 Å². The van der Waals surface area contributed by atoms with E-state index in [1.165, 1.54) is 0 Å². The van der Waals surface area contributed by atoms with E-state index in [4.69, 9.17) is 50.5 Å². The van der Waals surface area contributed by atoms with E-state index >= 15 is 0 Å².